The van der Waals surface area contributed by atoms with Crippen LogP contribution in [0.15, 0.2) is 53.2 Å². The van der Waals surface area contributed by atoms with E-state index in [9.17, 15) is 9.59 Å². The predicted molar refractivity (Wildman–Crippen MR) is 111 cm³/mol. The van der Waals surface area contributed by atoms with Gasteiger partial charge >= 0.3 is 0 Å². The third kappa shape index (κ3) is 4.13. The lowest BCUT2D eigenvalue weighted by Gasteiger charge is -2.17. The fraction of sp³-hybridized carbons (Fsp3) is 0.200. The van der Waals surface area contributed by atoms with Crippen molar-refractivity contribution in [2.45, 2.75) is 26.2 Å². The second-order valence-corrected chi connectivity index (χ2v) is 7.38. The molecule has 4 nitrogen and oxygen atoms in total. The molecule has 1 aliphatic rings. The number of benzene rings is 2. The summed E-state index contributed by atoms with van der Waals surface area (Å²) in [5.41, 5.74) is 2.09. The summed E-state index contributed by atoms with van der Waals surface area (Å²) in [7, 11) is 0. The van der Waals surface area contributed by atoms with Crippen molar-refractivity contribution in [2.75, 3.05) is 10.2 Å². The zero-order chi connectivity index (χ0) is 19.6. The van der Waals surface area contributed by atoms with Gasteiger partial charge < -0.3 is 5.32 Å². The largest absolute Gasteiger partial charge is 0.350 e. The van der Waals surface area contributed by atoms with Crippen molar-refractivity contribution < 1.29 is 9.59 Å². The Bertz CT molecular complexity index is 923. The number of hydrogen-bond donors (Lipinski definition) is 1. The molecule has 7 heteroatoms. The molecule has 0 bridgehead atoms. The Balaban J connectivity index is 1.83. The number of halogens is 3. The summed E-state index contributed by atoms with van der Waals surface area (Å²) in [6.45, 7) is 2.14. The molecular formula is C20H17Cl3N2O2. The van der Waals surface area contributed by atoms with Gasteiger partial charge in [-0.25, -0.2) is 4.90 Å². The van der Waals surface area contributed by atoms with Gasteiger partial charge in [-0.05, 0) is 48.7 Å². The molecule has 0 fully saturated rings. The summed E-state index contributed by atoms with van der Waals surface area (Å²) in [6, 6.07) is 12.2. The molecule has 140 valence electrons. The van der Waals surface area contributed by atoms with E-state index >= 15 is 0 Å². The standard InChI is InChI=1S/C20H17Cl3N2O2/c1-2-3-4-12-5-8-14(9-6-12)24-18-17(23)19(26)25(20(18)27)16-11-13(21)7-10-15(16)22/h5-11,24H,2-4H2,1H3. The van der Waals surface area contributed by atoms with Crippen LogP contribution in [0.25, 0.3) is 0 Å². The summed E-state index contributed by atoms with van der Waals surface area (Å²) >= 11 is 18.2. The minimum absolute atomic E-state index is 0.0130. The third-order valence-electron chi connectivity index (χ3n) is 4.22. The highest BCUT2D eigenvalue weighted by atomic mass is 35.5. The zero-order valence-electron chi connectivity index (χ0n) is 14.6. The first kappa shape index (κ1) is 19.7. The molecule has 0 saturated heterocycles. The minimum atomic E-state index is -0.645. The number of carbonyl (C=O) groups excluding carboxylic acids is 2. The van der Waals surface area contributed by atoms with E-state index < -0.39 is 11.8 Å². The molecule has 27 heavy (non-hydrogen) atoms. The van der Waals surface area contributed by atoms with Crippen molar-refractivity contribution in [3.63, 3.8) is 0 Å². The molecule has 1 aliphatic heterocycles. The van der Waals surface area contributed by atoms with E-state index in [-0.39, 0.29) is 21.4 Å². The average molecular weight is 424 g/mol. The van der Waals surface area contributed by atoms with Crippen molar-refractivity contribution in [1.29, 1.82) is 0 Å². The van der Waals surface area contributed by atoms with Gasteiger partial charge in [-0.2, -0.15) is 0 Å². The summed E-state index contributed by atoms with van der Waals surface area (Å²) in [5.74, 6) is -1.22. The minimum Gasteiger partial charge on any atom is -0.350 e. The number of anilines is 2. The Hall–Kier alpha value is -2.01. The molecule has 2 aromatic rings. The number of amides is 2. The van der Waals surface area contributed by atoms with Crippen LogP contribution >= 0.6 is 34.8 Å². The van der Waals surface area contributed by atoms with Crippen LogP contribution in [0, 0.1) is 0 Å². The quantitative estimate of drug-likeness (QED) is 0.600. The number of imide groups is 1. The SMILES string of the molecule is CCCCc1ccc(NC2=C(Cl)C(=O)N(c3cc(Cl)ccc3Cl)C2=O)cc1. The van der Waals surface area contributed by atoms with E-state index in [0.717, 1.165) is 24.2 Å². The van der Waals surface area contributed by atoms with Crippen LogP contribution in [-0.4, -0.2) is 11.8 Å². The zero-order valence-corrected chi connectivity index (χ0v) is 16.8. The van der Waals surface area contributed by atoms with Crippen LogP contribution in [0.2, 0.25) is 10.0 Å². The van der Waals surface area contributed by atoms with E-state index in [1.807, 2.05) is 24.3 Å². The van der Waals surface area contributed by atoms with Crippen molar-refractivity contribution >= 4 is 58.0 Å². The Morgan fingerprint density at radius 2 is 1.67 bits per heavy atom. The molecule has 0 atom stereocenters. The predicted octanol–water partition coefficient (Wildman–Crippen LogP) is 5.77. The highest BCUT2D eigenvalue weighted by Gasteiger charge is 2.39. The first-order valence-electron chi connectivity index (χ1n) is 8.52. The van der Waals surface area contributed by atoms with Crippen LogP contribution in [0.5, 0.6) is 0 Å². The number of hydrogen-bond acceptors (Lipinski definition) is 3. The van der Waals surface area contributed by atoms with Gasteiger partial charge in [0.15, 0.2) is 0 Å². The Labute approximate surface area is 172 Å². The van der Waals surface area contributed by atoms with Crippen LogP contribution in [0.3, 0.4) is 0 Å². The van der Waals surface area contributed by atoms with Gasteiger partial charge in [-0.3, -0.25) is 9.59 Å². The lowest BCUT2D eigenvalue weighted by atomic mass is 10.1. The van der Waals surface area contributed by atoms with E-state index in [0.29, 0.717) is 10.7 Å². The Morgan fingerprint density at radius 1 is 0.963 bits per heavy atom. The summed E-state index contributed by atoms with van der Waals surface area (Å²) in [6.07, 6.45) is 3.24. The maximum atomic E-state index is 12.8. The van der Waals surface area contributed by atoms with E-state index in [4.69, 9.17) is 34.8 Å². The monoisotopic (exact) mass is 422 g/mol. The van der Waals surface area contributed by atoms with Crippen LogP contribution in [-0.2, 0) is 16.0 Å². The summed E-state index contributed by atoms with van der Waals surface area (Å²) < 4.78 is 0. The fourth-order valence-electron chi connectivity index (χ4n) is 2.77. The number of nitrogens with zero attached hydrogens (tertiary/aromatic N) is 1. The number of carbonyl (C=O) groups is 2. The second kappa shape index (κ2) is 8.34. The lowest BCUT2D eigenvalue weighted by Crippen LogP contribution is -2.32. The number of aryl methyl sites for hydroxylation is 1. The molecule has 0 spiro atoms. The van der Waals surface area contributed by atoms with Gasteiger partial charge in [0.25, 0.3) is 11.8 Å². The van der Waals surface area contributed by atoms with Gasteiger partial charge in [-0.1, -0.05) is 60.3 Å². The van der Waals surface area contributed by atoms with Crippen molar-refractivity contribution in [1.82, 2.24) is 0 Å². The Morgan fingerprint density at radius 3 is 2.33 bits per heavy atom. The molecule has 0 saturated carbocycles. The third-order valence-corrected chi connectivity index (χ3v) is 5.12. The normalized spacial score (nSPS) is 14.3. The topological polar surface area (TPSA) is 49.4 Å². The van der Waals surface area contributed by atoms with Gasteiger partial charge in [0, 0.05) is 10.7 Å². The molecule has 1 N–H and O–H groups in total. The molecular weight excluding hydrogens is 407 g/mol. The van der Waals surface area contributed by atoms with Gasteiger partial charge in [0.1, 0.15) is 10.7 Å². The number of unbranched alkanes of at least 4 members (excludes halogenated alkanes) is 1. The molecule has 0 aliphatic carbocycles. The number of rotatable bonds is 6. The molecule has 0 radical (unpaired) electrons. The lowest BCUT2D eigenvalue weighted by molar-refractivity contribution is -0.120. The molecule has 3 rings (SSSR count). The molecule has 0 unspecified atom stereocenters. The summed E-state index contributed by atoms with van der Waals surface area (Å²) in [5, 5.41) is 3.34. The van der Waals surface area contributed by atoms with Crippen molar-refractivity contribution in [2.24, 2.45) is 0 Å². The van der Waals surface area contributed by atoms with Gasteiger partial charge in [0.2, 0.25) is 0 Å². The van der Waals surface area contributed by atoms with Crippen LogP contribution in [0.4, 0.5) is 11.4 Å². The maximum Gasteiger partial charge on any atom is 0.283 e. The highest BCUT2D eigenvalue weighted by molar-refractivity contribution is 6.54. The Kier molecular flexibility index (Phi) is 6.10. The van der Waals surface area contributed by atoms with Gasteiger partial charge in [0.05, 0.1) is 10.7 Å². The van der Waals surface area contributed by atoms with E-state index in [1.54, 1.807) is 6.07 Å². The summed E-state index contributed by atoms with van der Waals surface area (Å²) in [4.78, 5) is 26.3. The maximum absolute atomic E-state index is 12.8. The number of nitrogens with one attached hydrogen (secondary N) is 1. The second-order valence-electron chi connectivity index (χ2n) is 6.16. The molecule has 1 heterocycles. The van der Waals surface area contributed by atoms with Crippen molar-refractivity contribution in [3.8, 4) is 0 Å². The van der Waals surface area contributed by atoms with E-state index in [2.05, 4.69) is 12.2 Å². The first-order valence-corrected chi connectivity index (χ1v) is 9.65. The van der Waals surface area contributed by atoms with Gasteiger partial charge in [-0.15, -0.1) is 0 Å². The van der Waals surface area contributed by atoms with Crippen LogP contribution < -0.4 is 10.2 Å². The highest BCUT2D eigenvalue weighted by Crippen LogP contribution is 2.35. The first-order chi connectivity index (χ1) is 12.9. The molecule has 0 aromatic heterocycles. The van der Waals surface area contributed by atoms with Crippen molar-refractivity contribution in [3.05, 3.63) is 68.8 Å². The van der Waals surface area contributed by atoms with Crippen LogP contribution in [0.1, 0.15) is 25.3 Å². The molecule has 2 aromatic carbocycles. The fourth-order valence-corrected chi connectivity index (χ4v) is 3.35. The smallest absolute Gasteiger partial charge is 0.283 e. The van der Waals surface area contributed by atoms with E-state index in [1.165, 1.54) is 17.7 Å². The average Bonchev–Trinajstić information content (AvgIpc) is 2.86. The molecule has 2 amide bonds.